The van der Waals surface area contributed by atoms with Crippen LogP contribution in [0.2, 0.25) is 0 Å². The van der Waals surface area contributed by atoms with Crippen LogP contribution in [0.1, 0.15) is 22.9 Å². The second kappa shape index (κ2) is 13.0. The Labute approximate surface area is 261 Å². The number of benzene rings is 2. The van der Waals surface area contributed by atoms with Gasteiger partial charge in [0.15, 0.2) is 5.82 Å². The maximum absolute atomic E-state index is 12.4. The van der Waals surface area contributed by atoms with Crippen LogP contribution in [-0.4, -0.2) is 67.7 Å². The number of methoxy groups -OCH3 is 1. The lowest BCUT2D eigenvalue weighted by Crippen LogP contribution is -2.44. The number of likely N-dealkylation sites (N-methyl/N-ethyl adjacent to an activating group) is 1. The summed E-state index contributed by atoms with van der Waals surface area (Å²) >= 11 is 1.79. The molecule has 10 nitrogen and oxygen atoms in total. The number of anilines is 5. The molecule has 0 spiro atoms. The number of rotatable bonds is 9. The largest absolute Gasteiger partial charge is 0.494 e. The fraction of sp³-hybridized carbons (Fsp3) is 0.303. The molecule has 2 saturated heterocycles. The Kier molecular flexibility index (Phi) is 8.78. The van der Waals surface area contributed by atoms with Gasteiger partial charge < -0.3 is 25.2 Å². The minimum atomic E-state index is -0.281. The SMILES string of the molecule is C=CC(=O)Nc1cc(Nc2cc(N3OCCC3c3cccc(-c4ccc(C)s4)c3)ncn2)c(OC)cc1N1CCN(C)CC1. The molecule has 2 aliphatic rings. The van der Waals surface area contributed by atoms with Crippen molar-refractivity contribution in [1.82, 2.24) is 14.9 Å². The lowest BCUT2D eigenvalue weighted by molar-refractivity contribution is -0.111. The summed E-state index contributed by atoms with van der Waals surface area (Å²) in [6.45, 7) is 9.88. The standard InChI is InChI=1S/C33H37N7O3S/c1-5-33(41)37-25-18-26(29(42-4)19-28(25)39-14-12-38(3)13-15-39)36-31-20-32(35-21-34-31)40-27(11-16-43-40)23-7-6-8-24(17-23)30-10-9-22(2)44-30/h5-10,17-21,27H,1,11-16H2,2-4H3,(H,37,41)(H,34,35,36). The molecule has 1 atom stereocenters. The summed E-state index contributed by atoms with van der Waals surface area (Å²) in [7, 11) is 3.75. The molecule has 0 bridgehead atoms. The molecule has 4 aromatic rings. The summed E-state index contributed by atoms with van der Waals surface area (Å²) in [5.41, 5.74) is 4.59. The molecule has 6 rings (SSSR count). The van der Waals surface area contributed by atoms with Gasteiger partial charge in [-0.15, -0.1) is 11.3 Å². The lowest BCUT2D eigenvalue weighted by atomic mass is 10.0. The van der Waals surface area contributed by atoms with Crippen LogP contribution < -0.4 is 25.3 Å². The number of hydrogen-bond acceptors (Lipinski definition) is 10. The van der Waals surface area contributed by atoms with Gasteiger partial charge in [0.25, 0.3) is 0 Å². The number of aryl methyl sites for hydroxylation is 1. The maximum atomic E-state index is 12.4. The first-order chi connectivity index (χ1) is 21.4. The lowest BCUT2D eigenvalue weighted by Gasteiger charge is -2.35. The van der Waals surface area contributed by atoms with Crippen molar-refractivity contribution >= 4 is 45.9 Å². The summed E-state index contributed by atoms with van der Waals surface area (Å²) in [5.74, 6) is 1.57. The van der Waals surface area contributed by atoms with Gasteiger partial charge in [-0.3, -0.25) is 9.63 Å². The zero-order valence-corrected chi connectivity index (χ0v) is 26.1. The van der Waals surface area contributed by atoms with Crippen molar-refractivity contribution in [3.8, 4) is 16.2 Å². The average molecular weight is 612 g/mol. The number of hydrogen-bond donors (Lipinski definition) is 2. The van der Waals surface area contributed by atoms with Gasteiger partial charge in [0.05, 0.1) is 36.8 Å². The second-order valence-corrected chi connectivity index (χ2v) is 12.2. The first-order valence-corrected chi connectivity index (χ1v) is 15.5. The van der Waals surface area contributed by atoms with Crippen molar-refractivity contribution in [2.24, 2.45) is 0 Å². The van der Waals surface area contributed by atoms with E-state index < -0.39 is 0 Å². The Hall–Kier alpha value is -4.45. The van der Waals surface area contributed by atoms with Gasteiger partial charge in [0.1, 0.15) is 17.9 Å². The van der Waals surface area contributed by atoms with E-state index in [-0.39, 0.29) is 11.9 Å². The number of thiophene rings is 1. The zero-order chi connectivity index (χ0) is 30.6. The molecule has 2 aliphatic heterocycles. The monoisotopic (exact) mass is 611 g/mol. The van der Waals surface area contributed by atoms with Crippen LogP contribution in [0.15, 0.2) is 73.6 Å². The summed E-state index contributed by atoms with van der Waals surface area (Å²) < 4.78 is 5.80. The molecule has 11 heteroatoms. The number of nitrogens with zero attached hydrogens (tertiary/aromatic N) is 5. The molecule has 1 unspecified atom stereocenters. The number of carbonyl (C=O) groups excluding carboxylic acids is 1. The van der Waals surface area contributed by atoms with E-state index in [2.05, 4.69) is 87.3 Å². The number of nitrogens with one attached hydrogen (secondary N) is 2. The number of amides is 1. The number of aromatic nitrogens is 2. The van der Waals surface area contributed by atoms with Gasteiger partial charge in [0, 0.05) is 54.5 Å². The fourth-order valence-corrected chi connectivity index (χ4v) is 6.45. The molecule has 0 radical (unpaired) electrons. The molecular formula is C33H37N7O3S. The van der Waals surface area contributed by atoms with E-state index in [9.17, 15) is 4.79 Å². The molecule has 2 N–H and O–H groups in total. The highest BCUT2D eigenvalue weighted by molar-refractivity contribution is 7.15. The summed E-state index contributed by atoms with van der Waals surface area (Å²) in [5, 5.41) is 8.23. The molecule has 1 amide bonds. The Morgan fingerprint density at radius 3 is 2.68 bits per heavy atom. The van der Waals surface area contributed by atoms with E-state index in [1.807, 2.05) is 23.3 Å². The Balaban J connectivity index is 1.27. The predicted octanol–water partition coefficient (Wildman–Crippen LogP) is 6.03. The number of carbonyl (C=O) groups is 1. The third kappa shape index (κ3) is 6.40. The molecule has 2 fully saturated rings. The molecule has 2 aromatic carbocycles. The van der Waals surface area contributed by atoms with Gasteiger partial charge >= 0.3 is 0 Å². The van der Waals surface area contributed by atoms with Crippen LogP contribution in [0.3, 0.4) is 0 Å². The van der Waals surface area contributed by atoms with Crippen LogP contribution in [-0.2, 0) is 9.63 Å². The molecule has 2 aromatic heterocycles. The zero-order valence-electron chi connectivity index (χ0n) is 25.2. The highest BCUT2D eigenvalue weighted by atomic mass is 32.1. The van der Waals surface area contributed by atoms with Crippen LogP contribution in [0.25, 0.3) is 10.4 Å². The van der Waals surface area contributed by atoms with E-state index in [4.69, 9.17) is 9.57 Å². The van der Waals surface area contributed by atoms with Crippen molar-refractivity contribution in [1.29, 1.82) is 0 Å². The number of hydroxylamine groups is 1. The van der Waals surface area contributed by atoms with E-state index in [1.54, 1.807) is 18.4 Å². The third-order valence-electron chi connectivity index (χ3n) is 7.95. The molecule has 4 heterocycles. The molecular weight excluding hydrogens is 574 g/mol. The van der Waals surface area contributed by atoms with Crippen molar-refractivity contribution in [3.63, 3.8) is 0 Å². The summed E-state index contributed by atoms with van der Waals surface area (Å²) in [6, 6.07) is 18.7. The van der Waals surface area contributed by atoms with Crippen molar-refractivity contribution in [2.45, 2.75) is 19.4 Å². The Morgan fingerprint density at radius 1 is 1.09 bits per heavy atom. The van der Waals surface area contributed by atoms with E-state index in [0.29, 0.717) is 35.4 Å². The fourth-order valence-electron chi connectivity index (χ4n) is 5.59. The van der Waals surface area contributed by atoms with Crippen LogP contribution in [0, 0.1) is 6.92 Å². The Bertz CT molecular complexity index is 1650. The van der Waals surface area contributed by atoms with Gasteiger partial charge in [-0.05, 0) is 55.4 Å². The highest BCUT2D eigenvalue weighted by Gasteiger charge is 2.30. The van der Waals surface area contributed by atoms with Crippen LogP contribution in [0.4, 0.5) is 28.7 Å². The van der Waals surface area contributed by atoms with E-state index >= 15 is 0 Å². The summed E-state index contributed by atoms with van der Waals surface area (Å²) in [4.78, 5) is 34.6. The average Bonchev–Trinajstić information content (AvgIpc) is 3.72. The molecule has 0 aliphatic carbocycles. The Morgan fingerprint density at radius 2 is 1.93 bits per heavy atom. The predicted molar refractivity (Wildman–Crippen MR) is 177 cm³/mol. The number of ether oxygens (including phenoxy) is 1. The van der Waals surface area contributed by atoms with Gasteiger partial charge in [-0.25, -0.2) is 15.0 Å². The first-order valence-electron chi connectivity index (χ1n) is 14.7. The van der Waals surface area contributed by atoms with Crippen molar-refractivity contribution in [3.05, 3.63) is 84.0 Å². The minimum Gasteiger partial charge on any atom is -0.494 e. The van der Waals surface area contributed by atoms with E-state index in [1.165, 1.54) is 33.3 Å². The van der Waals surface area contributed by atoms with E-state index in [0.717, 1.165) is 38.3 Å². The smallest absolute Gasteiger partial charge is 0.247 e. The highest BCUT2D eigenvalue weighted by Crippen LogP contribution is 2.40. The molecule has 228 valence electrons. The quantitative estimate of drug-likeness (QED) is 0.220. The van der Waals surface area contributed by atoms with Gasteiger partial charge in [-0.2, -0.15) is 0 Å². The third-order valence-corrected chi connectivity index (χ3v) is 9.00. The molecule has 44 heavy (non-hydrogen) atoms. The maximum Gasteiger partial charge on any atom is 0.247 e. The first kappa shape index (κ1) is 29.6. The van der Waals surface area contributed by atoms with Gasteiger partial charge in [-0.1, -0.05) is 24.8 Å². The van der Waals surface area contributed by atoms with Gasteiger partial charge in [0.2, 0.25) is 5.91 Å². The topological polar surface area (TPSA) is 95.1 Å². The normalized spacial score (nSPS) is 17.0. The molecule has 0 saturated carbocycles. The van der Waals surface area contributed by atoms with Crippen molar-refractivity contribution < 1.29 is 14.4 Å². The second-order valence-electron chi connectivity index (χ2n) is 10.9. The summed E-state index contributed by atoms with van der Waals surface area (Å²) in [6.07, 6.45) is 3.63. The minimum absolute atomic E-state index is 0.0110. The van der Waals surface area contributed by atoms with Crippen molar-refractivity contribution in [2.75, 3.05) is 67.5 Å². The van der Waals surface area contributed by atoms with Crippen LogP contribution in [0.5, 0.6) is 5.75 Å². The number of piperazine rings is 1. The van der Waals surface area contributed by atoms with Crippen LogP contribution >= 0.6 is 11.3 Å².